The summed E-state index contributed by atoms with van der Waals surface area (Å²) < 4.78 is 5.17. The van der Waals surface area contributed by atoms with Crippen LogP contribution in [0.2, 0.25) is 0 Å². The fourth-order valence-electron chi connectivity index (χ4n) is 2.78. The third kappa shape index (κ3) is 2.31. The number of Topliss-reactive ketones (excluding diaryl/α,β-unsaturated/α-hetero) is 1. The van der Waals surface area contributed by atoms with Gasteiger partial charge in [0.05, 0.1) is 6.26 Å². The number of hydrogen-bond donors (Lipinski definition) is 0. The van der Waals surface area contributed by atoms with Gasteiger partial charge >= 0.3 is 0 Å². The van der Waals surface area contributed by atoms with Gasteiger partial charge < -0.3 is 4.42 Å². The quantitative estimate of drug-likeness (QED) is 0.693. The zero-order valence-corrected chi connectivity index (χ0v) is 9.40. The lowest BCUT2D eigenvalue weighted by Gasteiger charge is -2.29. The summed E-state index contributed by atoms with van der Waals surface area (Å²) in [5.41, 5.74) is 0. The third-order valence-electron chi connectivity index (χ3n) is 3.31. The van der Waals surface area contributed by atoms with Crippen molar-refractivity contribution in [1.82, 2.24) is 0 Å². The Kier molecular flexibility index (Phi) is 2.94. The summed E-state index contributed by atoms with van der Waals surface area (Å²) in [6, 6.07) is 3.55. The SMILES string of the molecule is CC1CC(C)CC(C(=O)c2ccco2)C1. The highest BCUT2D eigenvalue weighted by Crippen LogP contribution is 2.34. The monoisotopic (exact) mass is 206 g/mol. The van der Waals surface area contributed by atoms with Crippen molar-refractivity contribution >= 4 is 5.78 Å². The lowest BCUT2D eigenvalue weighted by Crippen LogP contribution is -2.25. The van der Waals surface area contributed by atoms with Gasteiger partial charge in [-0.3, -0.25) is 4.79 Å². The fraction of sp³-hybridized carbons (Fsp3) is 0.615. The molecule has 0 spiro atoms. The van der Waals surface area contributed by atoms with Crippen LogP contribution in [-0.4, -0.2) is 5.78 Å². The van der Waals surface area contributed by atoms with Crippen LogP contribution in [0, 0.1) is 17.8 Å². The minimum absolute atomic E-state index is 0.176. The van der Waals surface area contributed by atoms with E-state index in [0.717, 1.165) is 12.8 Å². The van der Waals surface area contributed by atoms with Gasteiger partial charge in [0.15, 0.2) is 5.76 Å². The maximum atomic E-state index is 12.1. The predicted molar refractivity (Wildman–Crippen MR) is 58.7 cm³/mol. The van der Waals surface area contributed by atoms with Gasteiger partial charge in [-0.2, -0.15) is 0 Å². The maximum absolute atomic E-state index is 12.1. The average Bonchev–Trinajstić information content (AvgIpc) is 2.67. The third-order valence-corrected chi connectivity index (χ3v) is 3.31. The maximum Gasteiger partial charge on any atom is 0.201 e. The summed E-state index contributed by atoms with van der Waals surface area (Å²) in [5, 5.41) is 0. The van der Waals surface area contributed by atoms with E-state index >= 15 is 0 Å². The van der Waals surface area contributed by atoms with Crippen LogP contribution in [0.5, 0.6) is 0 Å². The highest BCUT2D eigenvalue weighted by molar-refractivity contribution is 5.95. The van der Waals surface area contributed by atoms with Gasteiger partial charge in [0, 0.05) is 5.92 Å². The second-order valence-electron chi connectivity index (χ2n) is 4.96. The van der Waals surface area contributed by atoms with Gasteiger partial charge in [-0.25, -0.2) is 0 Å². The summed E-state index contributed by atoms with van der Waals surface area (Å²) in [7, 11) is 0. The molecule has 2 heteroatoms. The van der Waals surface area contributed by atoms with Gasteiger partial charge in [0.2, 0.25) is 5.78 Å². The van der Waals surface area contributed by atoms with E-state index in [1.807, 2.05) is 0 Å². The molecular formula is C13H18O2. The van der Waals surface area contributed by atoms with Crippen molar-refractivity contribution < 1.29 is 9.21 Å². The van der Waals surface area contributed by atoms with E-state index in [1.54, 1.807) is 18.4 Å². The smallest absolute Gasteiger partial charge is 0.201 e. The highest BCUT2D eigenvalue weighted by atomic mass is 16.3. The van der Waals surface area contributed by atoms with Crippen LogP contribution in [-0.2, 0) is 0 Å². The first-order chi connectivity index (χ1) is 7.16. The summed E-state index contributed by atoms with van der Waals surface area (Å²) in [6.07, 6.45) is 4.86. The Labute approximate surface area is 90.7 Å². The number of rotatable bonds is 2. The van der Waals surface area contributed by atoms with Gasteiger partial charge in [-0.15, -0.1) is 0 Å². The molecule has 0 aromatic carbocycles. The Bertz CT molecular complexity index is 316. The van der Waals surface area contributed by atoms with Crippen molar-refractivity contribution in [2.45, 2.75) is 33.1 Å². The summed E-state index contributed by atoms with van der Waals surface area (Å²) >= 11 is 0. The molecule has 15 heavy (non-hydrogen) atoms. The van der Waals surface area contributed by atoms with E-state index < -0.39 is 0 Å². The molecule has 1 aromatic rings. The normalized spacial score (nSPS) is 31.5. The highest BCUT2D eigenvalue weighted by Gasteiger charge is 2.30. The summed E-state index contributed by atoms with van der Waals surface area (Å²) in [6.45, 7) is 4.47. The Hall–Kier alpha value is -1.05. The largest absolute Gasteiger partial charge is 0.461 e. The van der Waals surface area contributed by atoms with Gasteiger partial charge in [0.1, 0.15) is 0 Å². The molecule has 2 atom stereocenters. The van der Waals surface area contributed by atoms with Crippen molar-refractivity contribution in [2.75, 3.05) is 0 Å². The zero-order chi connectivity index (χ0) is 10.8. The first-order valence-electron chi connectivity index (χ1n) is 5.74. The molecule has 0 radical (unpaired) electrons. The Morgan fingerprint density at radius 2 is 1.93 bits per heavy atom. The molecule has 2 nitrogen and oxygen atoms in total. The second-order valence-corrected chi connectivity index (χ2v) is 4.96. The molecule has 1 aliphatic rings. The molecule has 2 unspecified atom stereocenters. The van der Waals surface area contributed by atoms with Crippen LogP contribution in [0.15, 0.2) is 22.8 Å². The number of carbonyl (C=O) groups excluding carboxylic acids is 1. The number of carbonyl (C=O) groups is 1. The number of furan rings is 1. The predicted octanol–water partition coefficient (Wildman–Crippen LogP) is 3.53. The van der Waals surface area contributed by atoms with Crippen molar-refractivity contribution in [3.8, 4) is 0 Å². The van der Waals surface area contributed by atoms with Gasteiger partial charge in [0.25, 0.3) is 0 Å². The number of hydrogen-bond acceptors (Lipinski definition) is 2. The van der Waals surface area contributed by atoms with E-state index in [-0.39, 0.29) is 11.7 Å². The molecule has 2 rings (SSSR count). The Morgan fingerprint density at radius 1 is 1.27 bits per heavy atom. The topological polar surface area (TPSA) is 30.2 Å². The molecule has 1 aliphatic carbocycles. The molecule has 1 aromatic heterocycles. The number of ketones is 1. The minimum Gasteiger partial charge on any atom is -0.461 e. The van der Waals surface area contributed by atoms with E-state index in [0.29, 0.717) is 17.6 Å². The molecular weight excluding hydrogens is 188 g/mol. The molecule has 0 aliphatic heterocycles. The van der Waals surface area contributed by atoms with Crippen molar-refractivity contribution in [1.29, 1.82) is 0 Å². The van der Waals surface area contributed by atoms with Crippen LogP contribution in [0.25, 0.3) is 0 Å². The first kappa shape index (κ1) is 10.5. The Balaban J connectivity index is 2.07. The molecule has 0 N–H and O–H groups in total. The standard InChI is InChI=1S/C13H18O2/c1-9-6-10(2)8-11(7-9)13(14)12-4-3-5-15-12/h3-5,9-11H,6-8H2,1-2H3. The lowest BCUT2D eigenvalue weighted by molar-refractivity contribution is 0.0807. The first-order valence-corrected chi connectivity index (χ1v) is 5.74. The average molecular weight is 206 g/mol. The van der Waals surface area contributed by atoms with E-state index in [9.17, 15) is 4.79 Å². The molecule has 0 amide bonds. The molecule has 1 saturated carbocycles. The van der Waals surface area contributed by atoms with Gasteiger partial charge in [-0.1, -0.05) is 13.8 Å². The van der Waals surface area contributed by atoms with Crippen LogP contribution in [0.1, 0.15) is 43.7 Å². The van der Waals surface area contributed by atoms with Crippen LogP contribution >= 0.6 is 0 Å². The van der Waals surface area contributed by atoms with Crippen molar-refractivity contribution in [3.05, 3.63) is 24.2 Å². The van der Waals surface area contributed by atoms with Crippen molar-refractivity contribution in [3.63, 3.8) is 0 Å². The van der Waals surface area contributed by atoms with Crippen LogP contribution in [0.3, 0.4) is 0 Å². The van der Waals surface area contributed by atoms with Crippen molar-refractivity contribution in [2.24, 2.45) is 17.8 Å². The molecule has 1 fully saturated rings. The molecule has 1 heterocycles. The second kappa shape index (κ2) is 4.21. The van der Waals surface area contributed by atoms with Crippen LogP contribution < -0.4 is 0 Å². The molecule has 0 saturated heterocycles. The molecule has 0 bridgehead atoms. The van der Waals surface area contributed by atoms with Crippen LogP contribution in [0.4, 0.5) is 0 Å². The molecule has 82 valence electrons. The summed E-state index contributed by atoms with van der Waals surface area (Å²) in [4.78, 5) is 12.1. The minimum atomic E-state index is 0.176. The van der Waals surface area contributed by atoms with E-state index in [2.05, 4.69) is 13.8 Å². The zero-order valence-electron chi connectivity index (χ0n) is 9.40. The van der Waals surface area contributed by atoms with Gasteiger partial charge in [-0.05, 0) is 43.2 Å². The van der Waals surface area contributed by atoms with E-state index in [1.165, 1.54) is 6.42 Å². The Morgan fingerprint density at radius 3 is 2.47 bits per heavy atom. The fourth-order valence-corrected chi connectivity index (χ4v) is 2.78. The lowest BCUT2D eigenvalue weighted by atomic mass is 9.75. The summed E-state index contributed by atoms with van der Waals surface area (Å²) in [5.74, 6) is 2.23. The van der Waals surface area contributed by atoms with E-state index in [4.69, 9.17) is 4.42 Å².